The summed E-state index contributed by atoms with van der Waals surface area (Å²) in [5.74, 6) is 1.04. The number of nitrogen functional groups attached to an aromatic ring is 1. The molecule has 2 N–H and O–H groups in total. The van der Waals surface area contributed by atoms with Gasteiger partial charge in [0.15, 0.2) is 5.16 Å². The van der Waals surface area contributed by atoms with Gasteiger partial charge in [-0.1, -0.05) is 39.3 Å². The zero-order valence-electron chi connectivity index (χ0n) is 8.60. The minimum atomic E-state index is 0.349. The second kappa shape index (κ2) is 5.66. The second-order valence-electron chi connectivity index (χ2n) is 3.15. The van der Waals surface area contributed by atoms with Crippen LogP contribution >= 0.6 is 39.3 Å². The van der Waals surface area contributed by atoms with Gasteiger partial charge in [0.25, 0.3) is 0 Å². The Hall–Kier alpha value is -0.850. The fourth-order valence-electron chi connectivity index (χ4n) is 1.14. The van der Waals surface area contributed by atoms with Gasteiger partial charge in [-0.15, -0.1) is 0 Å². The van der Waals surface area contributed by atoms with Crippen molar-refractivity contribution in [1.82, 2.24) is 15.0 Å². The molecule has 7 heteroatoms. The van der Waals surface area contributed by atoms with E-state index < -0.39 is 0 Å². The van der Waals surface area contributed by atoms with E-state index >= 15 is 0 Å². The summed E-state index contributed by atoms with van der Waals surface area (Å²) in [5.41, 5.74) is 6.52. The molecule has 0 aliphatic rings. The van der Waals surface area contributed by atoms with Crippen molar-refractivity contribution in [1.29, 1.82) is 0 Å². The van der Waals surface area contributed by atoms with Gasteiger partial charge in [0, 0.05) is 22.5 Å². The van der Waals surface area contributed by atoms with Crippen molar-refractivity contribution in [2.45, 2.75) is 10.9 Å². The lowest BCUT2D eigenvalue weighted by molar-refractivity contribution is 0.973. The predicted octanol–water partition coefficient (Wildman–Crippen LogP) is 3.16. The molecule has 0 bridgehead atoms. The van der Waals surface area contributed by atoms with E-state index in [1.54, 1.807) is 6.20 Å². The lowest BCUT2D eigenvalue weighted by Crippen LogP contribution is -1.95. The standard InChI is InChI=1S/C10H8BrClN4S/c11-6-1-2-14-7(3-6)5-17-10-15-8(12)4-9(13)16-10/h1-4H,5H2,(H2,13,15,16). The van der Waals surface area contributed by atoms with Crippen molar-refractivity contribution in [3.63, 3.8) is 0 Å². The topological polar surface area (TPSA) is 64.7 Å². The maximum absolute atomic E-state index is 5.79. The van der Waals surface area contributed by atoms with E-state index in [-0.39, 0.29) is 0 Å². The van der Waals surface area contributed by atoms with Crippen molar-refractivity contribution >= 4 is 45.1 Å². The van der Waals surface area contributed by atoms with Crippen molar-refractivity contribution < 1.29 is 0 Å². The first-order valence-electron chi connectivity index (χ1n) is 4.67. The van der Waals surface area contributed by atoms with Crippen LogP contribution in [0, 0.1) is 0 Å². The zero-order chi connectivity index (χ0) is 12.3. The van der Waals surface area contributed by atoms with Crippen LogP contribution in [0.2, 0.25) is 5.15 Å². The van der Waals surface area contributed by atoms with E-state index in [1.807, 2.05) is 12.1 Å². The highest BCUT2D eigenvalue weighted by Crippen LogP contribution is 2.22. The van der Waals surface area contributed by atoms with Crippen LogP contribution in [0.1, 0.15) is 5.69 Å². The van der Waals surface area contributed by atoms with E-state index in [0.717, 1.165) is 10.2 Å². The molecule has 2 heterocycles. The Bertz CT molecular complexity index is 517. The van der Waals surface area contributed by atoms with Gasteiger partial charge in [0.05, 0.1) is 5.69 Å². The minimum absolute atomic E-state index is 0.349. The number of anilines is 1. The Morgan fingerprint density at radius 2 is 2.18 bits per heavy atom. The van der Waals surface area contributed by atoms with Crippen LogP contribution in [0.15, 0.2) is 34.0 Å². The molecule has 0 fully saturated rings. The highest BCUT2D eigenvalue weighted by atomic mass is 79.9. The van der Waals surface area contributed by atoms with Crippen molar-refractivity contribution in [2.24, 2.45) is 0 Å². The second-order valence-corrected chi connectivity index (χ2v) is 5.40. The van der Waals surface area contributed by atoms with Crippen LogP contribution in [0.3, 0.4) is 0 Å². The maximum Gasteiger partial charge on any atom is 0.191 e. The van der Waals surface area contributed by atoms with Crippen LogP contribution in [-0.2, 0) is 5.75 Å². The lowest BCUT2D eigenvalue weighted by atomic mass is 10.4. The zero-order valence-corrected chi connectivity index (χ0v) is 11.8. The van der Waals surface area contributed by atoms with Gasteiger partial charge in [0.1, 0.15) is 11.0 Å². The fraction of sp³-hybridized carbons (Fsp3) is 0.100. The quantitative estimate of drug-likeness (QED) is 0.532. The molecule has 0 amide bonds. The maximum atomic E-state index is 5.79. The van der Waals surface area contributed by atoms with Gasteiger partial charge < -0.3 is 5.73 Å². The number of nitrogens with zero attached hydrogens (tertiary/aromatic N) is 3. The molecule has 0 radical (unpaired) electrons. The average molecular weight is 332 g/mol. The number of hydrogen-bond acceptors (Lipinski definition) is 5. The van der Waals surface area contributed by atoms with E-state index in [0.29, 0.717) is 21.9 Å². The summed E-state index contributed by atoms with van der Waals surface area (Å²) < 4.78 is 0.995. The van der Waals surface area contributed by atoms with Crippen LogP contribution < -0.4 is 5.73 Å². The highest BCUT2D eigenvalue weighted by Gasteiger charge is 2.03. The molecule has 0 unspecified atom stereocenters. The van der Waals surface area contributed by atoms with E-state index in [4.69, 9.17) is 17.3 Å². The van der Waals surface area contributed by atoms with Crippen LogP contribution in [0.25, 0.3) is 0 Å². The molecular weight excluding hydrogens is 324 g/mol. The predicted molar refractivity (Wildman–Crippen MR) is 73.0 cm³/mol. The monoisotopic (exact) mass is 330 g/mol. The molecule has 4 nitrogen and oxygen atoms in total. The molecule has 0 spiro atoms. The van der Waals surface area contributed by atoms with E-state index in [1.165, 1.54) is 17.8 Å². The summed E-state index contributed by atoms with van der Waals surface area (Å²) >= 11 is 10.6. The molecule has 0 aromatic carbocycles. The molecule has 2 aromatic rings. The number of rotatable bonds is 3. The number of pyridine rings is 1. The number of aromatic nitrogens is 3. The van der Waals surface area contributed by atoms with E-state index in [2.05, 4.69) is 30.9 Å². The van der Waals surface area contributed by atoms with Gasteiger partial charge >= 0.3 is 0 Å². The molecular formula is C10H8BrClN4S. The highest BCUT2D eigenvalue weighted by molar-refractivity contribution is 9.10. The first-order valence-corrected chi connectivity index (χ1v) is 6.82. The summed E-state index contributed by atoms with van der Waals surface area (Å²) in [6.07, 6.45) is 1.74. The molecule has 0 saturated carbocycles. The summed E-state index contributed by atoms with van der Waals surface area (Å²) in [6.45, 7) is 0. The van der Waals surface area contributed by atoms with Gasteiger partial charge in [0.2, 0.25) is 0 Å². The summed E-state index contributed by atoms with van der Waals surface area (Å²) in [4.78, 5) is 12.4. The van der Waals surface area contributed by atoms with Gasteiger partial charge in [-0.2, -0.15) is 0 Å². The molecule has 17 heavy (non-hydrogen) atoms. The first-order chi connectivity index (χ1) is 8.13. The van der Waals surface area contributed by atoms with Gasteiger partial charge in [-0.3, -0.25) is 4.98 Å². The van der Waals surface area contributed by atoms with Crippen LogP contribution in [0.4, 0.5) is 5.82 Å². The van der Waals surface area contributed by atoms with E-state index in [9.17, 15) is 0 Å². The first kappa shape index (κ1) is 12.6. The van der Waals surface area contributed by atoms with Crippen molar-refractivity contribution in [3.8, 4) is 0 Å². The van der Waals surface area contributed by atoms with Crippen LogP contribution in [-0.4, -0.2) is 15.0 Å². The normalized spacial score (nSPS) is 10.5. The molecule has 0 aliphatic carbocycles. The summed E-state index contributed by atoms with van der Waals surface area (Å²) in [6, 6.07) is 5.34. The number of nitrogens with two attached hydrogens (primary N) is 1. The summed E-state index contributed by atoms with van der Waals surface area (Å²) in [7, 11) is 0. The Morgan fingerprint density at radius 1 is 1.35 bits per heavy atom. The fourth-order valence-corrected chi connectivity index (χ4v) is 2.54. The number of hydrogen-bond donors (Lipinski definition) is 1. The SMILES string of the molecule is Nc1cc(Cl)nc(SCc2cc(Br)ccn2)n1. The molecule has 0 atom stereocenters. The lowest BCUT2D eigenvalue weighted by Gasteiger charge is -2.02. The largest absolute Gasteiger partial charge is 0.384 e. The summed E-state index contributed by atoms with van der Waals surface area (Å²) in [5, 5.41) is 0.902. The van der Waals surface area contributed by atoms with Crippen molar-refractivity contribution in [2.75, 3.05) is 5.73 Å². The minimum Gasteiger partial charge on any atom is -0.384 e. The molecule has 88 valence electrons. The smallest absolute Gasteiger partial charge is 0.191 e. The third-order valence-corrected chi connectivity index (χ3v) is 3.39. The Labute approximate surface area is 116 Å². The van der Waals surface area contributed by atoms with Gasteiger partial charge in [-0.05, 0) is 12.1 Å². The Kier molecular flexibility index (Phi) is 4.20. The molecule has 2 rings (SSSR count). The number of halogens is 2. The van der Waals surface area contributed by atoms with Crippen LogP contribution in [0.5, 0.6) is 0 Å². The third kappa shape index (κ3) is 3.83. The molecule has 0 saturated heterocycles. The van der Waals surface area contributed by atoms with Gasteiger partial charge in [-0.25, -0.2) is 9.97 Å². The Morgan fingerprint density at radius 3 is 2.88 bits per heavy atom. The molecule has 0 aliphatic heterocycles. The van der Waals surface area contributed by atoms with Crippen molar-refractivity contribution in [3.05, 3.63) is 39.7 Å². The number of thioether (sulfide) groups is 1. The average Bonchev–Trinajstić information content (AvgIpc) is 2.25. The molecule has 2 aromatic heterocycles. The Balaban J connectivity index is 2.07. The third-order valence-electron chi connectivity index (χ3n) is 1.82.